The smallest absolute Gasteiger partial charge is 0.193 e. The Labute approximate surface area is 185 Å². The first-order valence-corrected chi connectivity index (χ1v) is 9.87. The van der Waals surface area contributed by atoms with Crippen molar-refractivity contribution >= 4 is 29.9 Å². The van der Waals surface area contributed by atoms with E-state index in [0.717, 1.165) is 62.8 Å². The normalized spacial score (nSPS) is 16.8. The monoisotopic (exact) mass is 497 g/mol. The highest BCUT2D eigenvalue weighted by molar-refractivity contribution is 14.0. The number of guanidine groups is 1. The second-order valence-corrected chi connectivity index (χ2v) is 7.06. The lowest BCUT2D eigenvalue weighted by Gasteiger charge is -2.22. The Morgan fingerprint density at radius 2 is 2.14 bits per heavy atom. The first-order chi connectivity index (χ1) is 13.2. The second-order valence-electron chi connectivity index (χ2n) is 7.06. The average molecular weight is 497 g/mol. The van der Waals surface area contributed by atoms with Crippen LogP contribution in [-0.4, -0.2) is 54.3 Å². The number of aromatic amines is 1. The van der Waals surface area contributed by atoms with Crippen molar-refractivity contribution in [2.45, 2.75) is 39.0 Å². The Morgan fingerprint density at radius 1 is 1.36 bits per heavy atom. The van der Waals surface area contributed by atoms with Gasteiger partial charge in [-0.1, -0.05) is 12.1 Å². The second kappa shape index (κ2) is 11.3. The molecule has 1 aliphatic heterocycles. The van der Waals surface area contributed by atoms with Crippen LogP contribution in [0.2, 0.25) is 0 Å². The first kappa shape index (κ1) is 22.5. The summed E-state index contributed by atoms with van der Waals surface area (Å²) in [5.41, 5.74) is 3.83. The number of hydrogen-bond donors (Lipinski definition) is 2. The molecule has 6 nitrogen and oxygen atoms in total. The highest BCUT2D eigenvalue weighted by Gasteiger charge is 2.26. The van der Waals surface area contributed by atoms with Gasteiger partial charge < -0.3 is 15.0 Å². The number of H-pyrrole nitrogens is 1. The number of halogens is 1. The summed E-state index contributed by atoms with van der Waals surface area (Å²) in [6.07, 6.45) is 5.12. The first-order valence-electron chi connectivity index (χ1n) is 9.87. The predicted molar refractivity (Wildman–Crippen MR) is 125 cm³/mol. The van der Waals surface area contributed by atoms with E-state index in [-0.39, 0.29) is 24.0 Å². The Balaban J connectivity index is 0.00000280. The molecule has 1 aliphatic rings. The van der Waals surface area contributed by atoms with E-state index in [4.69, 9.17) is 9.73 Å². The molecule has 154 valence electrons. The van der Waals surface area contributed by atoms with Crippen LogP contribution in [-0.2, 0) is 6.42 Å². The molecule has 2 aromatic rings. The molecule has 0 bridgehead atoms. The number of aromatic nitrogens is 2. The molecule has 1 saturated heterocycles. The number of benzene rings is 1. The van der Waals surface area contributed by atoms with Gasteiger partial charge in [0.1, 0.15) is 5.75 Å². The van der Waals surface area contributed by atoms with Gasteiger partial charge in [0.2, 0.25) is 0 Å². The van der Waals surface area contributed by atoms with Crippen molar-refractivity contribution in [3.05, 3.63) is 47.3 Å². The van der Waals surface area contributed by atoms with Crippen molar-refractivity contribution < 1.29 is 4.74 Å². The summed E-state index contributed by atoms with van der Waals surface area (Å²) < 4.78 is 5.27. The number of nitrogens with one attached hydrogen (secondary N) is 2. The topological polar surface area (TPSA) is 65.5 Å². The maximum Gasteiger partial charge on any atom is 0.193 e. The molecule has 1 aromatic heterocycles. The number of ether oxygens (including phenoxy) is 1. The predicted octanol–water partition coefficient (Wildman–Crippen LogP) is 3.73. The molecular formula is C21H32IN5O. The molecule has 0 saturated carbocycles. The van der Waals surface area contributed by atoms with E-state index in [9.17, 15) is 0 Å². The van der Waals surface area contributed by atoms with Crippen LogP contribution in [0.5, 0.6) is 5.75 Å². The molecule has 1 atom stereocenters. The van der Waals surface area contributed by atoms with Gasteiger partial charge in [-0.15, -0.1) is 24.0 Å². The SMILES string of the molecule is CCNC(=NCCCc1cn[nH]c1C)N1CCC(c2ccc(OC)cc2)C1.I. The fraction of sp³-hybridized carbons (Fsp3) is 0.524. The molecule has 1 unspecified atom stereocenters. The number of likely N-dealkylation sites (tertiary alicyclic amines) is 1. The van der Waals surface area contributed by atoms with Gasteiger partial charge in [-0.25, -0.2) is 0 Å². The Bertz CT molecular complexity index is 744. The quantitative estimate of drug-likeness (QED) is 0.265. The minimum atomic E-state index is 0. The molecule has 0 aliphatic carbocycles. The zero-order chi connectivity index (χ0) is 19.1. The molecule has 7 heteroatoms. The van der Waals surface area contributed by atoms with Crippen LogP contribution >= 0.6 is 24.0 Å². The minimum absolute atomic E-state index is 0. The van der Waals surface area contributed by atoms with Crippen LogP contribution in [0.15, 0.2) is 35.5 Å². The standard InChI is InChI=1S/C21H31N5O.HI/c1-4-22-21(23-12-5-6-18-14-24-25-16(18)2)26-13-11-19(15-26)17-7-9-20(27-3)10-8-17;/h7-10,14,19H,4-6,11-13,15H2,1-3H3,(H,22,23)(H,24,25);1H. The fourth-order valence-electron chi connectivity index (χ4n) is 3.61. The van der Waals surface area contributed by atoms with Crippen molar-refractivity contribution in [2.24, 2.45) is 4.99 Å². The van der Waals surface area contributed by atoms with E-state index >= 15 is 0 Å². The summed E-state index contributed by atoms with van der Waals surface area (Å²) in [4.78, 5) is 7.25. The van der Waals surface area contributed by atoms with Gasteiger partial charge in [0.25, 0.3) is 0 Å². The van der Waals surface area contributed by atoms with E-state index in [2.05, 4.69) is 58.5 Å². The van der Waals surface area contributed by atoms with Crippen LogP contribution in [0, 0.1) is 6.92 Å². The Morgan fingerprint density at radius 3 is 2.79 bits per heavy atom. The van der Waals surface area contributed by atoms with Crippen molar-refractivity contribution in [3.8, 4) is 5.75 Å². The zero-order valence-corrected chi connectivity index (χ0v) is 19.4. The molecule has 2 heterocycles. The van der Waals surface area contributed by atoms with Gasteiger partial charge in [-0.3, -0.25) is 10.1 Å². The highest BCUT2D eigenvalue weighted by atomic mass is 127. The molecule has 1 aromatic carbocycles. The van der Waals surface area contributed by atoms with Crippen molar-refractivity contribution in [3.63, 3.8) is 0 Å². The third-order valence-electron chi connectivity index (χ3n) is 5.21. The summed E-state index contributed by atoms with van der Waals surface area (Å²) >= 11 is 0. The molecule has 0 radical (unpaired) electrons. The number of hydrogen-bond acceptors (Lipinski definition) is 3. The molecule has 3 rings (SSSR count). The van der Waals surface area contributed by atoms with Crippen molar-refractivity contribution in [1.29, 1.82) is 0 Å². The van der Waals surface area contributed by atoms with Gasteiger partial charge in [0.05, 0.1) is 13.3 Å². The van der Waals surface area contributed by atoms with E-state index in [0.29, 0.717) is 5.92 Å². The van der Waals surface area contributed by atoms with Crippen LogP contribution in [0.25, 0.3) is 0 Å². The number of methoxy groups -OCH3 is 1. The lowest BCUT2D eigenvalue weighted by atomic mass is 9.98. The van der Waals surface area contributed by atoms with E-state index in [1.807, 2.05) is 6.20 Å². The fourth-order valence-corrected chi connectivity index (χ4v) is 3.61. The summed E-state index contributed by atoms with van der Waals surface area (Å²) in [6.45, 7) is 7.98. The maximum absolute atomic E-state index is 5.27. The van der Waals surface area contributed by atoms with Crippen LogP contribution in [0.3, 0.4) is 0 Å². The molecule has 2 N–H and O–H groups in total. The van der Waals surface area contributed by atoms with Crippen molar-refractivity contribution in [2.75, 3.05) is 33.3 Å². The van der Waals surface area contributed by atoms with E-state index < -0.39 is 0 Å². The number of nitrogens with zero attached hydrogens (tertiary/aromatic N) is 3. The zero-order valence-electron chi connectivity index (χ0n) is 17.1. The van der Waals surface area contributed by atoms with Gasteiger partial charge in [-0.05, 0) is 56.4 Å². The molecular weight excluding hydrogens is 465 g/mol. The maximum atomic E-state index is 5.27. The van der Waals surface area contributed by atoms with Gasteiger partial charge in [0, 0.05) is 37.8 Å². The number of rotatable bonds is 7. The summed E-state index contributed by atoms with van der Waals surface area (Å²) in [5.74, 6) is 2.50. The van der Waals surface area contributed by atoms with Crippen LogP contribution < -0.4 is 10.1 Å². The number of aryl methyl sites for hydroxylation is 2. The molecule has 28 heavy (non-hydrogen) atoms. The highest BCUT2D eigenvalue weighted by Crippen LogP contribution is 2.28. The molecule has 0 spiro atoms. The Hall–Kier alpha value is -1.77. The van der Waals surface area contributed by atoms with E-state index in [1.54, 1.807) is 7.11 Å². The van der Waals surface area contributed by atoms with Crippen LogP contribution in [0.1, 0.15) is 42.5 Å². The average Bonchev–Trinajstić information content (AvgIpc) is 3.34. The Kier molecular flexibility index (Phi) is 9.08. The number of aliphatic imine (C=N–C) groups is 1. The molecule has 0 amide bonds. The lowest BCUT2D eigenvalue weighted by Crippen LogP contribution is -2.40. The third-order valence-corrected chi connectivity index (χ3v) is 5.21. The lowest BCUT2D eigenvalue weighted by molar-refractivity contribution is 0.414. The largest absolute Gasteiger partial charge is 0.497 e. The third kappa shape index (κ3) is 5.86. The summed E-state index contributed by atoms with van der Waals surface area (Å²) in [5, 5.41) is 10.5. The van der Waals surface area contributed by atoms with Crippen LogP contribution in [0.4, 0.5) is 0 Å². The minimum Gasteiger partial charge on any atom is -0.497 e. The van der Waals surface area contributed by atoms with Gasteiger partial charge >= 0.3 is 0 Å². The summed E-state index contributed by atoms with van der Waals surface area (Å²) in [7, 11) is 1.71. The summed E-state index contributed by atoms with van der Waals surface area (Å²) in [6, 6.07) is 8.47. The molecule has 1 fully saturated rings. The van der Waals surface area contributed by atoms with Gasteiger partial charge in [-0.2, -0.15) is 5.10 Å². The van der Waals surface area contributed by atoms with E-state index in [1.165, 1.54) is 11.1 Å². The van der Waals surface area contributed by atoms with Crippen molar-refractivity contribution in [1.82, 2.24) is 20.4 Å². The van der Waals surface area contributed by atoms with Gasteiger partial charge in [0.15, 0.2) is 5.96 Å².